The van der Waals surface area contributed by atoms with Crippen LogP contribution >= 0.6 is 0 Å². The maximum Gasteiger partial charge on any atom is 0.0484 e. The van der Waals surface area contributed by atoms with Crippen molar-refractivity contribution in [1.29, 1.82) is 0 Å². The van der Waals surface area contributed by atoms with Gasteiger partial charge in [-0.3, -0.25) is 0 Å². The number of hydrogen-bond acceptors (Lipinski definition) is 0. The Morgan fingerprint density at radius 1 is 1.00 bits per heavy atom. The second kappa shape index (κ2) is 3.59. The molecule has 2 aliphatic carbocycles. The summed E-state index contributed by atoms with van der Waals surface area (Å²) in [6.45, 7) is 13.0. The number of fused-ring (bicyclic) bond motifs is 2. The fourth-order valence-electron chi connectivity index (χ4n) is 4.18. The molecule has 0 spiro atoms. The van der Waals surface area contributed by atoms with Crippen LogP contribution in [0.5, 0.6) is 0 Å². The molecule has 1 fully saturated rings. The van der Waals surface area contributed by atoms with Crippen LogP contribution in [-0.4, -0.2) is 16.1 Å². The predicted octanol–water partition coefficient (Wildman–Crippen LogP) is 4.54. The number of rotatable bonds is 3. The maximum atomic E-state index is 2.66. The van der Waals surface area contributed by atoms with Crippen LogP contribution in [0.2, 0.25) is 43.9 Å². The van der Waals surface area contributed by atoms with E-state index >= 15 is 0 Å². The lowest BCUT2D eigenvalue weighted by molar-refractivity contribution is 0.673. The van der Waals surface area contributed by atoms with E-state index in [-0.39, 0.29) is 0 Å². The van der Waals surface area contributed by atoms with E-state index < -0.39 is 16.1 Å². The minimum absolute atomic E-state index is 0.850. The minimum atomic E-state index is -0.949. The lowest BCUT2D eigenvalue weighted by atomic mass is 10.1. The maximum absolute atomic E-state index is 2.66. The van der Waals surface area contributed by atoms with Gasteiger partial charge in [0.05, 0.1) is 0 Å². The zero-order valence-corrected chi connectivity index (χ0v) is 13.0. The summed E-state index contributed by atoms with van der Waals surface area (Å²) in [7, 11) is -1.80. The number of allylic oxidation sites excluding steroid dienone is 2. The Kier molecular flexibility index (Phi) is 2.79. The molecular weight excluding hydrogens is 212 g/mol. The van der Waals surface area contributed by atoms with Gasteiger partial charge in [0.15, 0.2) is 0 Å². The molecule has 0 nitrogen and oxygen atoms in total. The van der Waals surface area contributed by atoms with Crippen LogP contribution in [0.4, 0.5) is 0 Å². The third kappa shape index (κ3) is 2.47. The molecule has 0 aromatic heterocycles. The van der Waals surface area contributed by atoms with E-state index in [4.69, 9.17) is 0 Å². The molecule has 0 heterocycles. The van der Waals surface area contributed by atoms with Crippen molar-refractivity contribution in [2.24, 2.45) is 11.8 Å². The van der Waals surface area contributed by atoms with Crippen molar-refractivity contribution in [1.82, 2.24) is 0 Å². The molecule has 2 heteroatoms. The second-order valence-corrected chi connectivity index (χ2v) is 18.9. The largest absolute Gasteiger partial charge is 0.0851 e. The van der Waals surface area contributed by atoms with E-state index in [0.717, 1.165) is 17.4 Å². The molecule has 86 valence electrons. The normalized spacial score (nSPS) is 35.1. The molecule has 0 radical (unpaired) electrons. The van der Waals surface area contributed by atoms with Crippen molar-refractivity contribution < 1.29 is 0 Å². The van der Waals surface area contributed by atoms with Crippen LogP contribution < -0.4 is 0 Å². The number of hydrogen-bond donors (Lipinski definition) is 0. The van der Waals surface area contributed by atoms with E-state index in [1.807, 2.05) is 0 Å². The molecule has 0 aromatic rings. The second-order valence-electron chi connectivity index (χ2n) is 7.61. The van der Waals surface area contributed by atoms with Gasteiger partial charge in [-0.2, -0.15) is 0 Å². The Morgan fingerprint density at radius 3 is 2.07 bits per heavy atom. The monoisotopic (exact) mass is 238 g/mol. The summed E-state index contributed by atoms with van der Waals surface area (Å²) in [5, 5.41) is 0. The fourth-order valence-corrected chi connectivity index (χ4v) is 18.5. The van der Waals surface area contributed by atoms with Crippen molar-refractivity contribution in [2.45, 2.75) is 56.8 Å². The Bertz CT molecular complexity index is 273. The first kappa shape index (κ1) is 11.7. The first-order chi connectivity index (χ1) is 6.78. The van der Waals surface area contributed by atoms with Crippen LogP contribution in [0.1, 0.15) is 12.8 Å². The molecular formula is C13H26Si2. The van der Waals surface area contributed by atoms with Gasteiger partial charge < -0.3 is 0 Å². The average molecular weight is 239 g/mol. The van der Waals surface area contributed by atoms with E-state index in [9.17, 15) is 0 Å². The molecule has 2 aliphatic rings. The highest BCUT2D eigenvalue weighted by Crippen LogP contribution is 2.53. The van der Waals surface area contributed by atoms with Gasteiger partial charge in [-0.15, -0.1) is 0 Å². The van der Waals surface area contributed by atoms with Crippen molar-refractivity contribution >= 4 is 16.1 Å². The molecule has 15 heavy (non-hydrogen) atoms. The zero-order valence-electron chi connectivity index (χ0n) is 11.0. The lowest BCUT2D eigenvalue weighted by Crippen LogP contribution is -2.42. The fraction of sp³-hybridized carbons (Fsp3) is 0.846. The summed E-state index contributed by atoms with van der Waals surface area (Å²) in [6, 6.07) is 0. The van der Waals surface area contributed by atoms with Crippen LogP contribution in [0.3, 0.4) is 0 Å². The third-order valence-corrected chi connectivity index (χ3v) is 14.8. The van der Waals surface area contributed by atoms with Crippen LogP contribution in [0.15, 0.2) is 12.2 Å². The summed E-state index contributed by atoms with van der Waals surface area (Å²) < 4.78 is 0. The summed E-state index contributed by atoms with van der Waals surface area (Å²) in [6.07, 6.45) is 8.05. The smallest absolute Gasteiger partial charge is 0.0484 e. The Hall–Kier alpha value is 0.174. The molecule has 0 aromatic carbocycles. The molecule has 0 saturated heterocycles. The topological polar surface area (TPSA) is 0 Å². The van der Waals surface area contributed by atoms with Gasteiger partial charge in [0.1, 0.15) is 0 Å². The molecule has 0 aliphatic heterocycles. The SMILES string of the molecule is C[Si](C)(C)C[Si](C)(C)C1CC2C=CC1C2. The first-order valence-corrected chi connectivity index (χ1v) is 13.5. The van der Waals surface area contributed by atoms with Crippen molar-refractivity contribution in [3.05, 3.63) is 12.2 Å². The average Bonchev–Trinajstić information content (AvgIpc) is 2.58. The standard InChI is InChI=1S/C13H26Si2/c1-14(2,3)10-15(4,5)13-9-11-6-7-12(13)8-11/h6-7,11-13H,8-10H2,1-5H3. The molecule has 0 N–H and O–H groups in total. The predicted molar refractivity (Wildman–Crippen MR) is 74.7 cm³/mol. The lowest BCUT2D eigenvalue weighted by Gasteiger charge is -2.38. The van der Waals surface area contributed by atoms with E-state index in [0.29, 0.717) is 0 Å². The summed E-state index contributed by atoms with van der Waals surface area (Å²) in [5.41, 5.74) is 2.74. The first-order valence-electron chi connectivity index (χ1n) is 6.46. The van der Waals surface area contributed by atoms with Gasteiger partial charge in [-0.25, -0.2) is 0 Å². The van der Waals surface area contributed by atoms with Crippen molar-refractivity contribution in [3.63, 3.8) is 0 Å². The van der Waals surface area contributed by atoms with Gasteiger partial charge in [0.25, 0.3) is 0 Å². The van der Waals surface area contributed by atoms with Gasteiger partial charge in [0, 0.05) is 16.1 Å². The highest BCUT2D eigenvalue weighted by Gasteiger charge is 2.46. The zero-order chi connectivity index (χ0) is 11.3. The van der Waals surface area contributed by atoms with Gasteiger partial charge in [-0.05, 0) is 30.2 Å². The van der Waals surface area contributed by atoms with E-state index in [1.165, 1.54) is 12.8 Å². The highest BCUT2D eigenvalue weighted by molar-refractivity contribution is 6.95. The Morgan fingerprint density at radius 2 is 1.67 bits per heavy atom. The van der Waals surface area contributed by atoms with E-state index in [2.05, 4.69) is 44.9 Å². The molecule has 3 atom stereocenters. The van der Waals surface area contributed by atoms with Crippen LogP contribution in [0, 0.1) is 11.8 Å². The quantitative estimate of drug-likeness (QED) is 0.500. The van der Waals surface area contributed by atoms with E-state index in [1.54, 1.807) is 5.67 Å². The third-order valence-electron chi connectivity index (χ3n) is 4.27. The molecule has 1 saturated carbocycles. The van der Waals surface area contributed by atoms with Gasteiger partial charge >= 0.3 is 0 Å². The highest BCUT2D eigenvalue weighted by atomic mass is 28.4. The van der Waals surface area contributed by atoms with Crippen molar-refractivity contribution in [2.75, 3.05) is 0 Å². The minimum Gasteiger partial charge on any atom is -0.0851 e. The molecule has 0 amide bonds. The molecule has 3 unspecified atom stereocenters. The van der Waals surface area contributed by atoms with Crippen molar-refractivity contribution in [3.8, 4) is 0 Å². The molecule has 2 bridgehead atoms. The van der Waals surface area contributed by atoms with Gasteiger partial charge in [0.2, 0.25) is 0 Å². The van der Waals surface area contributed by atoms with Crippen LogP contribution in [-0.2, 0) is 0 Å². The molecule has 2 rings (SSSR count). The summed E-state index contributed by atoms with van der Waals surface area (Å²) >= 11 is 0. The summed E-state index contributed by atoms with van der Waals surface area (Å²) in [4.78, 5) is 0. The Labute approximate surface area is 97.2 Å². The van der Waals surface area contributed by atoms with Gasteiger partial charge in [-0.1, -0.05) is 50.6 Å². The Balaban J connectivity index is 2.06. The van der Waals surface area contributed by atoms with Crippen LogP contribution in [0.25, 0.3) is 0 Å². The summed E-state index contributed by atoms with van der Waals surface area (Å²) in [5.74, 6) is 1.95.